The normalized spacial score (nSPS) is 27.6. The second kappa shape index (κ2) is 3.91. The lowest BCUT2D eigenvalue weighted by Gasteiger charge is -2.27. The van der Waals surface area contributed by atoms with E-state index in [0.717, 1.165) is 12.8 Å². The predicted molar refractivity (Wildman–Crippen MR) is 49.7 cm³/mol. The van der Waals surface area contributed by atoms with Crippen LogP contribution in [0, 0.1) is 0 Å². The monoisotopic (exact) mass is 197 g/mol. The minimum absolute atomic E-state index is 0.0634. The number of tetrazole rings is 1. The predicted octanol–water partition coefficient (Wildman–Crippen LogP) is -0.141. The SMILES string of the molecule is Cn1nnnc1OC1CCCCC1N. The second-order valence-electron chi connectivity index (χ2n) is 3.69. The maximum absolute atomic E-state index is 5.94. The molecule has 0 amide bonds. The van der Waals surface area contributed by atoms with Crippen molar-refractivity contribution >= 4 is 0 Å². The Morgan fingerprint density at radius 3 is 2.86 bits per heavy atom. The number of hydrogen-bond donors (Lipinski definition) is 1. The molecule has 0 spiro atoms. The topological polar surface area (TPSA) is 78.8 Å². The van der Waals surface area contributed by atoms with Gasteiger partial charge in [0.15, 0.2) is 0 Å². The summed E-state index contributed by atoms with van der Waals surface area (Å²) in [6.07, 6.45) is 4.44. The van der Waals surface area contributed by atoms with Gasteiger partial charge in [-0.15, -0.1) is 0 Å². The van der Waals surface area contributed by atoms with Gasteiger partial charge in [0.2, 0.25) is 0 Å². The molecule has 0 aliphatic heterocycles. The third-order valence-corrected chi connectivity index (χ3v) is 2.59. The van der Waals surface area contributed by atoms with Crippen LogP contribution in [0.1, 0.15) is 25.7 Å². The molecule has 2 atom stereocenters. The zero-order chi connectivity index (χ0) is 9.97. The average molecular weight is 197 g/mol. The van der Waals surface area contributed by atoms with Gasteiger partial charge < -0.3 is 10.5 Å². The van der Waals surface area contributed by atoms with E-state index in [-0.39, 0.29) is 12.1 Å². The molecule has 0 radical (unpaired) electrons. The van der Waals surface area contributed by atoms with Gasteiger partial charge in [0.25, 0.3) is 0 Å². The van der Waals surface area contributed by atoms with Crippen LogP contribution in [0.5, 0.6) is 6.01 Å². The summed E-state index contributed by atoms with van der Waals surface area (Å²) >= 11 is 0. The molecule has 1 aromatic rings. The molecule has 1 heterocycles. The summed E-state index contributed by atoms with van der Waals surface area (Å²) in [5, 5.41) is 11.0. The first-order chi connectivity index (χ1) is 6.77. The lowest BCUT2D eigenvalue weighted by molar-refractivity contribution is 0.115. The minimum Gasteiger partial charge on any atom is -0.458 e. The van der Waals surface area contributed by atoms with Crippen molar-refractivity contribution in [3.8, 4) is 6.01 Å². The highest BCUT2D eigenvalue weighted by atomic mass is 16.5. The van der Waals surface area contributed by atoms with Gasteiger partial charge in [-0.25, -0.2) is 0 Å². The average Bonchev–Trinajstić information content (AvgIpc) is 2.56. The number of rotatable bonds is 2. The van der Waals surface area contributed by atoms with E-state index in [1.54, 1.807) is 7.05 Å². The minimum atomic E-state index is 0.0634. The van der Waals surface area contributed by atoms with Crippen molar-refractivity contribution in [3.63, 3.8) is 0 Å². The van der Waals surface area contributed by atoms with Crippen LogP contribution >= 0.6 is 0 Å². The van der Waals surface area contributed by atoms with E-state index in [2.05, 4.69) is 15.5 Å². The maximum Gasteiger partial charge on any atom is 0.335 e. The molecule has 0 bridgehead atoms. The Kier molecular flexibility index (Phi) is 2.62. The van der Waals surface area contributed by atoms with E-state index < -0.39 is 0 Å². The Bertz CT molecular complexity index is 300. The lowest BCUT2D eigenvalue weighted by Crippen LogP contribution is -2.41. The van der Waals surface area contributed by atoms with Crippen LogP contribution in [-0.2, 0) is 7.05 Å². The summed E-state index contributed by atoms with van der Waals surface area (Å²) in [4.78, 5) is 0. The van der Waals surface area contributed by atoms with E-state index in [1.807, 2.05) is 0 Å². The van der Waals surface area contributed by atoms with Crippen molar-refractivity contribution in [1.29, 1.82) is 0 Å². The highest BCUT2D eigenvalue weighted by Crippen LogP contribution is 2.20. The largest absolute Gasteiger partial charge is 0.458 e. The Morgan fingerprint density at radius 2 is 2.21 bits per heavy atom. The number of nitrogens with zero attached hydrogens (tertiary/aromatic N) is 4. The molecule has 14 heavy (non-hydrogen) atoms. The summed E-state index contributed by atoms with van der Waals surface area (Å²) < 4.78 is 7.16. The van der Waals surface area contributed by atoms with Crippen LogP contribution in [0.15, 0.2) is 0 Å². The van der Waals surface area contributed by atoms with Crippen molar-refractivity contribution in [2.24, 2.45) is 12.8 Å². The number of ether oxygens (including phenoxy) is 1. The molecule has 78 valence electrons. The third-order valence-electron chi connectivity index (χ3n) is 2.59. The fraction of sp³-hybridized carbons (Fsp3) is 0.875. The van der Waals surface area contributed by atoms with Crippen molar-refractivity contribution in [2.45, 2.75) is 37.8 Å². The van der Waals surface area contributed by atoms with E-state index in [1.165, 1.54) is 17.5 Å². The molecular formula is C8H15N5O. The molecule has 1 aliphatic carbocycles. The van der Waals surface area contributed by atoms with Crippen molar-refractivity contribution in [2.75, 3.05) is 0 Å². The van der Waals surface area contributed by atoms with Crippen LogP contribution < -0.4 is 10.5 Å². The van der Waals surface area contributed by atoms with E-state index in [4.69, 9.17) is 10.5 Å². The van der Waals surface area contributed by atoms with Gasteiger partial charge in [-0.3, -0.25) is 0 Å². The summed E-state index contributed by atoms with van der Waals surface area (Å²) in [6.45, 7) is 0. The Morgan fingerprint density at radius 1 is 1.43 bits per heavy atom. The summed E-state index contributed by atoms with van der Waals surface area (Å²) in [5.41, 5.74) is 5.94. The molecule has 0 aromatic carbocycles. The summed E-state index contributed by atoms with van der Waals surface area (Å²) in [5.74, 6) is 0. The van der Waals surface area contributed by atoms with Crippen molar-refractivity contribution < 1.29 is 4.74 Å². The van der Waals surface area contributed by atoms with Crippen LogP contribution in [0.2, 0.25) is 0 Å². The van der Waals surface area contributed by atoms with Gasteiger partial charge in [0.05, 0.1) is 0 Å². The van der Waals surface area contributed by atoms with Gasteiger partial charge in [-0.05, 0) is 29.7 Å². The fourth-order valence-electron chi connectivity index (χ4n) is 1.73. The van der Waals surface area contributed by atoms with Gasteiger partial charge >= 0.3 is 6.01 Å². The van der Waals surface area contributed by atoms with Gasteiger partial charge in [0, 0.05) is 13.1 Å². The fourth-order valence-corrected chi connectivity index (χ4v) is 1.73. The number of hydrogen-bond acceptors (Lipinski definition) is 5. The van der Waals surface area contributed by atoms with Crippen LogP contribution in [-0.4, -0.2) is 32.4 Å². The molecule has 1 aliphatic rings. The second-order valence-corrected chi connectivity index (χ2v) is 3.69. The Hall–Kier alpha value is -1.17. The molecule has 0 saturated heterocycles. The van der Waals surface area contributed by atoms with E-state index >= 15 is 0 Å². The lowest BCUT2D eigenvalue weighted by atomic mass is 9.93. The van der Waals surface area contributed by atoms with Gasteiger partial charge in [-0.1, -0.05) is 11.5 Å². The molecule has 2 unspecified atom stereocenters. The first-order valence-electron chi connectivity index (χ1n) is 4.92. The molecule has 1 fully saturated rings. The quantitative estimate of drug-likeness (QED) is 0.713. The maximum atomic E-state index is 5.94. The first-order valence-corrected chi connectivity index (χ1v) is 4.92. The molecule has 1 saturated carbocycles. The highest BCUT2D eigenvalue weighted by Gasteiger charge is 2.24. The standard InChI is InChI=1S/C8H15N5O/c1-13-8(10-11-12-13)14-7-5-3-2-4-6(7)9/h6-7H,2-5,9H2,1H3. The molecule has 2 N–H and O–H groups in total. The Balaban J connectivity index is 1.99. The highest BCUT2D eigenvalue weighted by molar-refractivity contribution is 4.91. The zero-order valence-corrected chi connectivity index (χ0v) is 8.26. The molecule has 2 rings (SSSR count). The first kappa shape index (κ1) is 9.39. The zero-order valence-electron chi connectivity index (χ0n) is 8.26. The number of aromatic nitrogens is 4. The molecule has 6 nitrogen and oxygen atoms in total. The van der Waals surface area contributed by atoms with Crippen LogP contribution in [0.25, 0.3) is 0 Å². The van der Waals surface area contributed by atoms with E-state index in [0.29, 0.717) is 6.01 Å². The van der Waals surface area contributed by atoms with Gasteiger partial charge in [0.1, 0.15) is 6.10 Å². The third kappa shape index (κ3) is 1.84. The van der Waals surface area contributed by atoms with Crippen molar-refractivity contribution in [3.05, 3.63) is 0 Å². The van der Waals surface area contributed by atoms with Crippen molar-refractivity contribution in [1.82, 2.24) is 20.2 Å². The van der Waals surface area contributed by atoms with Crippen LogP contribution in [0.4, 0.5) is 0 Å². The molecule has 6 heteroatoms. The van der Waals surface area contributed by atoms with Gasteiger partial charge in [-0.2, -0.15) is 4.68 Å². The summed E-state index contributed by atoms with van der Waals surface area (Å²) in [7, 11) is 1.75. The number of nitrogens with two attached hydrogens (primary N) is 1. The Labute approximate surface area is 82.4 Å². The smallest absolute Gasteiger partial charge is 0.335 e. The molecule has 1 aromatic heterocycles. The summed E-state index contributed by atoms with van der Waals surface area (Å²) in [6, 6.07) is 0.563. The van der Waals surface area contributed by atoms with E-state index in [9.17, 15) is 0 Å². The van der Waals surface area contributed by atoms with Crippen LogP contribution in [0.3, 0.4) is 0 Å². The molecular weight excluding hydrogens is 182 g/mol. The number of aryl methyl sites for hydroxylation is 1.